The highest BCUT2D eigenvalue weighted by Gasteiger charge is 2.28. The average Bonchev–Trinajstić information content (AvgIpc) is 2.63. The number of nitrogens with zero attached hydrogens (tertiary/aromatic N) is 2. The van der Waals surface area contributed by atoms with Crippen LogP contribution in [0.15, 0.2) is 24.3 Å². The zero-order valence-corrected chi connectivity index (χ0v) is 17.0. The van der Waals surface area contributed by atoms with E-state index >= 15 is 0 Å². The number of carbonyl (C=O) groups excluding carboxylic acids is 2. The minimum absolute atomic E-state index is 0.0387. The number of rotatable bonds is 8. The predicted octanol–water partition coefficient (Wildman–Crippen LogP) is 1.93. The molecule has 150 valence electrons. The topological polar surface area (TPSA) is 61.9 Å². The third kappa shape index (κ3) is 6.86. The highest BCUT2D eigenvalue weighted by atomic mass is 16.5. The first-order valence-electron chi connectivity index (χ1n) is 9.87. The number of amides is 2. The van der Waals surface area contributed by atoms with Gasteiger partial charge in [0.1, 0.15) is 11.8 Å². The summed E-state index contributed by atoms with van der Waals surface area (Å²) in [5.74, 6) is 1.05. The first kappa shape index (κ1) is 21.2. The Balaban J connectivity index is 1.95. The molecule has 2 amide bonds. The van der Waals surface area contributed by atoms with Gasteiger partial charge in [-0.15, -0.1) is 0 Å². The summed E-state index contributed by atoms with van der Waals surface area (Å²) in [4.78, 5) is 29.5. The monoisotopic (exact) mass is 375 g/mol. The van der Waals surface area contributed by atoms with Crippen molar-refractivity contribution < 1.29 is 14.3 Å². The lowest BCUT2D eigenvalue weighted by Gasteiger charge is -2.35. The van der Waals surface area contributed by atoms with E-state index in [9.17, 15) is 9.59 Å². The number of likely N-dealkylation sites (N-methyl/N-ethyl adjacent to an activating group) is 1. The van der Waals surface area contributed by atoms with Crippen molar-refractivity contribution in [2.45, 2.75) is 39.7 Å². The van der Waals surface area contributed by atoms with E-state index in [0.717, 1.165) is 37.5 Å². The van der Waals surface area contributed by atoms with Crippen molar-refractivity contribution in [1.82, 2.24) is 15.1 Å². The first-order valence-corrected chi connectivity index (χ1v) is 9.87. The lowest BCUT2D eigenvalue weighted by Crippen LogP contribution is -2.54. The van der Waals surface area contributed by atoms with Gasteiger partial charge in [0.25, 0.3) is 0 Å². The molecule has 6 heteroatoms. The fourth-order valence-electron chi connectivity index (χ4n) is 3.24. The molecule has 2 rings (SSSR count). The highest BCUT2D eigenvalue weighted by molar-refractivity contribution is 5.88. The maximum absolute atomic E-state index is 12.9. The second kappa shape index (κ2) is 10.3. The van der Waals surface area contributed by atoms with Gasteiger partial charge in [-0.25, -0.2) is 0 Å². The Bertz CT molecular complexity index is 608. The molecule has 0 aromatic heterocycles. The predicted molar refractivity (Wildman–Crippen MR) is 107 cm³/mol. The van der Waals surface area contributed by atoms with Crippen LogP contribution in [0.3, 0.4) is 0 Å². The minimum atomic E-state index is -0.455. The van der Waals surface area contributed by atoms with E-state index in [0.29, 0.717) is 18.9 Å². The molecule has 0 spiro atoms. The van der Waals surface area contributed by atoms with Crippen LogP contribution >= 0.6 is 0 Å². The molecule has 1 aromatic carbocycles. The van der Waals surface area contributed by atoms with Crippen LogP contribution in [0.1, 0.15) is 32.8 Å². The van der Waals surface area contributed by atoms with Gasteiger partial charge in [-0.05, 0) is 44.0 Å². The van der Waals surface area contributed by atoms with Gasteiger partial charge in [-0.1, -0.05) is 26.0 Å². The summed E-state index contributed by atoms with van der Waals surface area (Å²) in [6.45, 7) is 9.89. The van der Waals surface area contributed by atoms with Crippen LogP contribution in [0.2, 0.25) is 0 Å². The Morgan fingerprint density at radius 3 is 2.30 bits per heavy atom. The van der Waals surface area contributed by atoms with E-state index in [4.69, 9.17) is 4.74 Å². The smallest absolute Gasteiger partial charge is 0.245 e. The van der Waals surface area contributed by atoms with Crippen LogP contribution in [0, 0.1) is 5.92 Å². The van der Waals surface area contributed by atoms with Crippen molar-refractivity contribution in [3.63, 3.8) is 0 Å². The average molecular weight is 376 g/mol. The van der Waals surface area contributed by atoms with E-state index in [2.05, 4.69) is 31.1 Å². The van der Waals surface area contributed by atoms with Gasteiger partial charge in [0.15, 0.2) is 0 Å². The summed E-state index contributed by atoms with van der Waals surface area (Å²) < 4.78 is 5.43. The first-order chi connectivity index (χ1) is 12.9. The molecular weight excluding hydrogens is 342 g/mol. The van der Waals surface area contributed by atoms with Gasteiger partial charge < -0.3 is 19.9 Å². The van der Waals surface area contributed by atoms with Crippen molar-refractivity contribution in [3.05, 3.63) is 29.8 Å². The summed E-state index contributed by atoms with van der Waals surface area (Å²) in [7, 11) is 2.06. The second-order valence-corrected chi connectivity index (χ2v) is 7.63. The second-order valence-electron chi connectivity index (χ2n) is 7.63. The molecule has 0 unspecified atom stereocenters. The Morgan fingerprint density at radius 1 is 1.11 bits per heavy atom. The van der Waals surface area contributed by atoms with Crippen LogP contribution < -0.4 is 10.1 Å². The van der Waals surface area contributed by atoms with Gasteiger partial charge in [-0.3, -0.25) is 9.59 Å². The maximum atomic E-state index is 12.9. The van der Waals surface area contributed by atoms with Gasteiger partial charge in [0.2, 0.25) is 11.8 Å². The number of benzene rings is 1. The Hall–Kier alpha value is -2.08. The normalized spacial score (nSPS) is 16.3. The van der Waals surface area contributed by atoms with Gasteiger partial charge in [0, 0.05) is 26.2 Å². The Morgan fingerprint density at radius 2 is 1.74 bits per heavy atom. The van der Waals surface area contributed by atoms with Crippen LogP contribution in [0.25, 0.3) is 0 Å². The standard InChI is InChI=1S/C21H33N3O3/c1-5-27-18-8-6-17(7-9-18)15-20(25)22-19(14-16(2)3)21(26)24-12-10-23(4)11-13-24/h6-9,16,19H,5,10-15H2,1-4H3,(H,22,25)/t19-/m1/s1. The van der Waals surface area contributed by atoms with Crippen molar-refractivity contribution in [2.24, 2.45) is 5.92 Å². The van der Waals surface area contributed by atoms with Gasteiger partial charge in [-0.2, -0.15) is 0 Å². The lowest BCUT2D eigenvalue weighted by molar-refractivity contribution is -0.138. The maximum Gasteiger partial charge on any atom is 0.245 e. The SMILES string of the molecule is CCOc1ccc(CC(=O)N[C@H](CC(C)C)C(=O)N2CCN(C)CC2)cc1. The van der Waals surface area contributed by atoms with E-state index in [-0.39, 0.29) is 18.2 Å². The molecule has 27 heavy (non-hydrogen) atoms. The number of hydrogen-bond donors (Lipinski definition) is 1. The summed E-state index contributed by atoms with van der Waals surface area (Å²) in [5.41, 5.74) is 0.909. The molecule has 1 aromatic rings. The molecule has 6 nitrogen and oxygen atoms in total. The van der Waals surface area contributed by atoms with E-state index in [1.54, 1.807) is 0 Å². The van der Waals surface area contributed by atoms with Crippen molar-refractivity contribution in [3.8, 4) is 5.75 Å². The quantitative estimate of drug-likeness (QED) is 0.754. The molecule has 0 bridgehead atoms. The molecule has 0 aliphatic carbocycles. The molecule has 0 saturated carbocycles. The fourth-order valence-corrected chi connectivity index (χ4v) is 3.24. The van der Waals surface area contributed by atoms with Gasteiger partial charge >= 0.3 is 0 Å². The van der Waals surface area contributed by atoms with E-state index < -0.39 is 6.04 Å². The van der Waals surface area contributed by atoms with Crippen molar-refractivity contribution in [1.29, 1.82) is 0 Å². The largest absolute Gasteiger partial charge is 0.494 e. The number of nitrogens with one attached hydrogen (secondary N) is 1. The summed E-state index contributed by atoms with van der Waals surface area (Å²) in [6.07, 6.45) is 0.914. The molecule has 1 heterocycles. The van der Waals surface area contributed by atoms with Crippen LogP contribution in [-0.2, 0) is 16.0 Å². The third-order valence-corrected chi connectivity index (χ3v) is 4.75. The van der Waals surface area contributed by atoms with Gasteiger partial charge in [0.05, 0.1) is 13.0 Å². The van der Waals surface area contributed by atoms with Crippen LogP contribution in [0.4, 0.5) is 0 Å². The summed E-state index contributed by atoms with van der Waals surface area (Å²) >= 11 is 0. The van der Waals surface area contributed by atoms with Crippen LogP contribution in [0.5, 0.6) is 5.75 Å². The van der Waals surface area contributed by atoms with Crippen molar-refractivity contribution in [2.75, 3.05) is 39.8 Å². The zero-order chi connectivity index (χ0) is 19.8. The Labute approximate surface area is 162 Å². The number of ether oxygens (including phenoxy) is 1. The highest BCUT2D eigenvalue weighted by Crippen LogP contribution is 2.14. The molecule has 1 fully saturated rings. The molecular formula is C21H33N3O3. The third-order valence-electron chi connectivity index (χ3n) is 4.75. The fraction of sp³-hybridized carbons (Fsp3) is 0.619. The number of carbonyl (C=O) groups is 2. The van der Waals surface area contributed by atoms with Crippen molar-refractivity contribution >= 4 is 11.8 Å². The molecule has 1 saturated heterocycles. The lowest BCUT2D eigenvalue weighted by atomic mass is 10.0. The van der Waals surface area contributed by atoms with E-state index in [1.807, 2.05) is 36.1 Å². The van der Waals surface area contributed by atoms with Crippen LogP contribution in [-0.4, -0.2) is 67.5 Å². The number of piperazine rings is 1. The Kier molecular flexibility index (Phi) is 8.10. The molecule has 1 N–H and O–H groups in total. The molecule has 1 aliphatic heterocycles. The molecule has 1 aliphatic rings. The molecule has 0 radical (unpaired) electrons. The van der Waals surface area contributed by atoms with E-state index in [1.165, 1.54) is 0 Å². The molecule has 1 atom stereocenters. The number of hydrogen-bond acceptors (Lipinski definition) is 4. The minimum Gasteiger partial charge on any atom is -0.494 e. The summed E-state index contributed by atoms with van der Waals surface area (Å²) in [6, 6.07) is 7.07. The zero-order valence-electron chi connectivity index (χ0n) is 17.0. The summed E-state index contributed by atoms with van der Waals surface area (Å²) in [5, 5.41) is 2.97.